The van der Waals surface area contributed by atoms with Crippen LogP contribution in [0.2, 0.25) is 0 Å². The van der Waals surface area contributed by atoms with E-state index in [1.165, 1.54) is 0 Å². The Hall–Kier alpha value is -0.650. The van der Waals surface area contributed by atoms with Crippen molar-refractivity contribution in [1.29, 1.82) is 0 Å². The summed E-state index contributed by atoms with van der Waals surface area (Å²) in [6.45, 7) is 4.25. The molecule has 0 amide bonds. The van der Waals surface area contributed by atoms with Crippen LogP contribution in [-0.2, 0) is 14.3 Å². The minimum Gasteiger partial charge on any atom is -0.465 e. The Morgan fingerprint density at radius 2 is 2.19 bits per heavy atom. The molecule has 1 aliphatic carbocycles. The van der Waals surface area contributed by atoms with Crippen molar-refractivity contribution >= 4 is 5.97 Å². The van der Waals surface area contributed by atoms with Gasteiger partial charge in [-0.2, -0.15) is 0 Å². The zero-order valence-electron chi connectivity index (χ0n) is 9.54. The summed E-state index contributed by atoms with van der Waals surface area (Å²) in [5, 5.41) is 3.19. The molecule has 0 unspecified atom stereocenters. The van der Waals surface area contributed by atoms with Crippen LogP contribution < -0.4 is 11.1 Å². The molecule has 1 saturated carbocycles. The lowest BCUT2D eigenvalue weighted by molar-refractivity contribution is -0.167. The van der Waals surface area contributed by atoms with Crippen molar-refractivity contribution in [3.8, 4) is 0 Å². The van der Waals surface area contributed by atoms with Crippen molar-refractivity contribution in [2.24, 2.45) is 11.1 Å². The van der Waals surface area contributed by atoms with E-state index in [-0.39, 0.29) is 17.2 Å². The first kappa shape index (κ1) is 10.5. The first-order valence-electron chi connectivity index (χ1n) is 5.90. The molecule has 4 aliphatic rings. The Morgan fingerprint density at radius 3 is 2.62 bits per heavy atom. The van der Waals surface area contributed by atoms with Gasteiger partial charge in [0.25, 0.3) is 0 Å². The number of hydrogen-bond donors (Lipinski definition) is 2. The molecule has 3 N–H and O–H groups in total. The smallest absolute Gasteiger partial charge is 0.315 e. The van der Waals surface area contributed by atoms with E-state index in [9.17, 15) is 4.79 Å². The molecule has 2 bridgehead atoms. The zero-order chi connectivity index (χ0) is 11.4. The number of carbonyl (C=O) groups excluding carboxylic acids is 1. The lowest BCUT2D eigenvalue weighted by atomic mass is 9.54. The van der Waals surface area contributed by atoms with Crippen molar-refractivity contribution in [2.45, 2.75) is 31.0 Å². The molecule has 3 aliphatic heterocycles. The lowest BCUT2D eigenvalue weighted by Crippen LogP contribution is -2.68. The van der Waals surface area contributed by atoms with Crippen LogP contribution in [0.15, 0.2) is 0 Å². The fourth-order valence-corrected chi connectivity index (χ4v) is 3.50. The predicted octanol–water partition coefficient (Wildman–Crippen LogP) is -0.601. The highest BCUT2D eigenvalue weighted by molar-refractivity contribution is 5.82. The minimum atomic E-state index is -0.423. The largest absolute Gasteiger partial charge is 0.465 e. The molecule has 90 valence electrons. The molecule has 0 aromatic heterocycles. The zero-order valence-corrected chi connectivity index (χ0v) is 9.54. The molecule has 0 aromatic carbocycles. The summed E-state index contributed by atoms with van der Waals surface area (Å²) in [4.78, 5) is 12.1. The van der Waals surface area contributed by atoms with Crippen LogP contribution in [-0.4, -0.2) is 43.4 Å². The second-order valence-electron chi connectivity index (χ2n) is 5.24. The maximum Gasteiger partial charge on any atom is 0.315 e. The number of nitrogens with one attached hydrogen (secondary N) is 1. The maximum absolute atomic E-state index is 12.1. The van der Waals surface area contributed by atoms with Crippen molar-refractivity contribution in [2.75, 3.05) is 26.2 Å². The number of hydrogen-bond acceptors (Lipinski definition) is 5. The van der Waals surface area contributed by atoms with Crippen molar-refractivity contribution in [1.82, 2.24) is 5.32 Å². The Morgan fingerprint density at radius 1 is 1.50 bits per heavy atom. The van der Waals surface area contributed by atoms with Crippen LogP contribution in [0.1, 0.15) is 19.8 Å². The molecule has 4 fully saturated rings. The minimum absolute atomic E-state index is 0.0990. The first-order valence-corrected chi connectivity index (χ1v) is 5.90. The van der Waals surface area contributed by atoms with Crippen LogP contribution >= 0.6 is 0 Å². The molecule has 5 nitrogen and oxygen atoms in total. The van der Waals surface area contributed by atoms with Crippen LogP contribution in [0.25, 0.3) is 0 Å². The van der Waals surface area contributed by atoms with Crippen LogP contribution in [0, 0.1) is 5.41 Å². The van der Waals surface area contributed by atoms with E-state index in [0.29, 0.717) is 13.2 Å². The van der Waals surface area contributed by atoms with Crippen molar-refractivity contribution in [3.05, 3.63) is 0 Å². The van der Waals surface area contributed by atoms with Crippen LogP contribution in [0.4, 0.5) is 0 Å². The molecule has 1 spiro atoms. The summed E-state index contributed by atoms with van der Waals surface area (Å²) in [6.07, 6.45) is 1.47. The van der Waals surface area contributed by atoms with E-state index in [1.807, 2.05) is 6.92 Å². The number of carbonyl (C=O) groups is 1. The van der Waals surface area contributed by atoms with Gasteiger partial charge in [-0.3, -0.25) is 4.79 Å². The monoisotopic (exact) mass is 226 g/mol. The van der Waals surface area contributed by atoms with Gasteiger partial charge in [-0.05, 0) is 19.8 Å². The van der Waals surface area contributed by atoms with Gasteiger partial charge in [0.1, 0.15) is 11.0 Å². The molecule has 3 heterocycles. The second kappa shape index (κ2) is 2.97. The van der Waals surface area contributed by atoms with Gasteiger partial charge in [0.15, 0.2) is 0 Å². The maximum atomic E-state index is 12.1. The number of nitrogens with two attached hydrogens (primary N) is 1. The number of ether oxygens (including phenoxy) is 2. The summed E-state index contributed by atoms with van der Waals surface area (Å²) < 4.78 is 11.3. The van der Waals surface area contributed by atoms with E-state index in [0.717, 1.165) is 25.9 Å². The van der Waals surface area contributed by atoms with E-state index >= 15 is 0 Å². The lowest BCUT2D eigenvalue weighted by Gasteiger charge is -2.49. The molecule has 0 aromatic rings. The Bertz CT molecular complexity index is 332. The van der Waals surface area contributed by atoms with Gasteiger partial charge in [-0.25, -0.2) is 0 Å². The molecule has 0 atom stereocenters. The van der Waals surface area contributed by atoms with Crippen LogP contribution in [0.5, 0.6) is 0 Å². The Balaban J connectivity index is 1.88. The molecule has 5 heteroatoms. The summed E-state index contributed by atoms with van der Waals surface area (Å²) in [6, 6.07) is 0. The standard InChI is InChI=1S/C11H18N2O3/c1-2-15-8(14)10-3-9(4-10,5-12)16-11(10)6-13-7-11/h13H,2-7,12H2,1H3. The average Bonchev–Trinajstić information content (AvgIpc) is 2.63. The van der Waals surface area contributed by atoms with Gasteiger partial charge in [-0.1, -0.05) is 0 Å². The summed E-state index contributed by atoms with van der Waals surface area (Å²) in [5.74, 6) is -0.0990. The number of rotatable bonds is 3. The van der Waals surface area contributed by atoms with E-state index in [1.54, 1.807) is 0 Å². The predicted molar refractivity (Wildman–Crippen MR) is 56.8 cm³/mol. The van der Waals surface area contributed by atoms with Gasteiger partial charge in [-0.15, -0.1) is 0 Å². The van der Waals surface area contributed by atoms with Gasteiger partial charge in [0.05, 0.1) is 12.2 Å². The third kappa shape index (κ3) is 0.948. The second-order valence-corrected chi connectivity index (χ2v) is 5.24. The van der Waals surface area contributed by atoms with Crippen LogP contribution in [0.3, 0.4) is 0 Å². The van der Waals surface area contributed by atoms with Crippen molar-refractivity contribution in [3.63, 3.8) is 0 Å². The molecular weight excluding hydrogens is 208 g/mol. The van der Waals surface area contributed by atoms with Gasteiger partial charge in [0.2, 0.25) is 0 Å². The van der Waals surface area contributed by atoms with E-state index in [2.05, 4.69) is 5.32 Å². The normalized spacial score (nSPS) is 42.6. The summed E-state index contributed by atoms with van der Waals surface area (Å²) in [5.41, 5.74) is 4.73. The molecule has 0 radical (unpaired) electrons. The molecule has 16 heavy (non-hydrogen) atoms. The highest BCUT2D eigenvalue weighted by Gasteiger charge is 2.79. The van der Waals surface area contributed by atoms with Crippen molar-refractivity contribution < 1.29 is 14.3 Å². The summed E-state index contributed by atoms with van der Waals surface area (Å²) >= 11 is 0. The van der Waals surface area contributed by atoms with Gasteiger partial charge in [0, 0.05) is 19.6 Å². The third-order valence-corrected chi connectivity index (χ3v) is 4.39. The molecular formula is C11H18N2O3. The topological polar surface area (TPSA) is 73.6 Å². The fourth-order valence-electron chi connectivity index (χ4n) is 3.50. The quantitative estimate of drug-likeness (QED) is 0.629. The molecule has 3 saturated heterocycles. The highest BCUT2D eigenvalue weighted by atomic mass is 16.6. The van der Waals surface area contributed by atoms with E-state index < -0.39 is 5.41 Å². The first-order chi connectivity index (χ1) is 7.62. The Kier molecular flexibility index (Phi) is 1.95. The Labute approximate surface area is 94.6 Å². The average molecular weight is 226 g/mol. The van der Waals surface area contributed by atoms with E-state index in [4.69, 9.17) is 15.2 Å². The van der Waals surface area contributed by atoms with Gasteiger partial charge < -0.3 is 20.5 Å². The van der Waals surface area contributed by atoms with Gasteiger partial charge >= 0.3 is 5.97 Å². The third-order valence-electron chi connectivity index (χ3n) is 4.39. The SMILES string of the molecule is CCOC(=O)C12CC(CN)(C1)OC21CNC1. The fraction of sp³-hybridized carbons (Fsp3) is 0.909. The summed E-state index contributed by atoms with van der Waals surface area (Å²) in [7, 11) is 0. The molecule has 4 rings (SSSR count). The number of esters is 1. The highest BCUT2D eigenvalue weighted by Crippen LogP contribution is 2.67.